The summed E-state index contributed by atoms with van der Waals surface area (Å²) in [5.74, 6) is 0.844. The van der Waals surface area contributed by atoms with E-state index in [1.54, 1.807) is 32.4 Å². The first-order valence-electron chi connectivity index (χ1n) is 6.61. The van der Waals surface area contributed by atoms with Crippen LogP contribution in [0.3, 0.4) is 0 Å². The van der Waals surface area contributed by atoms with Crippen LogP contribution in [0.15, 0.2) is 18.2 Å². The SMILES string of the molecule is COc1cc(OC)cc(C(=O)NC2CCCC2C#N)c1. The minimum atomic E-state index is -0.200. The fraction of sp³-hybridized carbons (Fsp3) is 0.467. The molecule has 1 fully saturated rings. The summed E-state index contributed by atoms with van der Waals surface area (Å²) in [5, 5.41) is 12.0. The molecule has 1 aromatic rings. The predicted octanol–water partition coefficient (Wildman–Crippen LogP) is 2.13. The number of ether oxygens (including phenoxy) is 2. The van der Waals surface area contributed by atoms with E-state index in [0.29, 0.717) is 17.1 Å². The third-order valence-electron chi connectivity index (χ3n) is 3.61. The number of nitrogens with zero attached hydrogens (tertiary/aromatic N) is 1. The van der Waals surface area contributed by atoms with Gasteiger partial charge in [-0.3, -0.25) is 4.79 Å². The minimum Gasteiger partial charge on any atom is -0.497 e. The van der Waals surface area contributed by atoms with E-state index in [9.17, 15) is 4.79 Å². The number of carbonyl (C=O) groups is 1. The van der Waals surface area contributed by atoms with Crippen LogP contribution >= 0.6 is 0 Å². The van der Waals surface area contributed by atoms with Gasteiger partial charge in [0.25, 0.3) is 5.91 Å². The maximum absolute atomic E-state index is 12.3. The monoisotopic (exact) mass is 274 g/mol. The summed E-state index contributed by atoms with van der Waals surface area (Å²) in [7, 11) is 3.08. The van der Waals surface area contributed by atoms with Crippen molar-refractivity contribution in [2.45, 2.75) is 25.3 Å². The Morgan fingerprint density at radius 3 is 2.45 bits per heavy atom. The van der Waals surface area contributed by atoms with E-state index < -0.39 is 0 Å². The number of nitriles is 1. The van der Waals surface area contributed by atoms with Crippen LogP contribution in [0.5, 0.6) is 11.5 Å². The number of carbonyl (C=O) groups excluding carboxylic acids is 1. The minimum absolute atomic E-state index is 0.0651. The molecule has 0 aromatic heterocycles. The summed E-state index contributed by atoms with van der Waals surface area (Å²) in [5.41, 5.74) is 0.477. The van der Waals surface area contributed by atoms with Crippen LogP contribution in [0, 0.1) is 17.2 Å². The number of hydrogen-bond acceptors (Lipinski definition) is 4. The molecule has 0 heterocycles. The van der Waals surface area contributed by atoms with Crippen LogP contribution in [0.1, 0.15) is 29.6 Å². The largest absolute Gasteiger partial charge is 0.497 e. The molecule has 0 spiro atoms. The van der Waals surface area contributed by atoms with E-state index in [1.165, 1.54) is 0 Å². The molecule has 0 radical (unpaired) electrons. The second-order valence-corrected chi connectivity index (χ2v) is 4.85. The van der Waals surface area contributed by atoms with Gasteiger partial charge >= 0.3 is 0 Å². The smallest absolute Gasteiger partial charge is 0.251 e. The lowest BCUT2D eigenvalue weighted by atomic mass is 10.1. The second-order valence-electron chi connectivity index (χ2n) is 4.85. The van der Waals surface area contributed by atoms with E-state index in [-0.39, 0.29) is 17.9 Å². The van der Waals surface area contributed by atoms with Crippen molar-refractivity contribution in [2.24, 2.45) is 5.92 Å². The number of methoxy groups -OCH3 is 2. The summed E-state index contributed by atoms with van der Waals surface area (Å²) < 4.78 is 10.3. The summed E-state index contributed by atoms with van der Waals surface area (Å²) in [4.78, 5) is 12.3. The van der Waals surface area contributed by atoms with Crippen molar-refractivity contribution in [3.63, 3.8) is 0 Å². The quantitative estimate of drug-likeness (QED) is 0.913. The van der Waals surface area contributed by atoms with Crippen LogP contribution < -0.4 is 14.8 Å². The van der Waals surface area contributed by atoms with Gasteiger partial charge in [0.05, 0.1) is 26.2 Å². The lowest BCUT2D eigenvalue weighted by Crippen LogP contribution is -2.36. The average Bonchev–Trinajstić information content (AvgIpc) is 2.93. The Labute approximate surface area is 118 Å². The molecule has 20 heavy (non-hydrogen) atoms. The summed E-state index contributed by atoms with van der Waals surface area (Å²) in [6.07, 6.45) is 2.68. The molecule has 2 unspecified atom stereocenters. The molecule has 0 saturated heterocycles. The molecule has 0 bridgehead atoms. The summed E-state index contributed by atoms with van der Waals surface area (Å²) in [6.45, 7) is 0. The highest BCUT2D eigenvalue weighted by Crippen LogP contribution is 2.26. The molecule has 1 aromatic carbocycles. The molecule has 5 nitrogen and oxygen atoms in total. The van der Waals surface area contributed by atoms with Gasteiger partial charge in [0, 0.05) is 17.7 Å². The molecule has 0 aliphatic heterocycles. The van der Waals surface area contributed by atoms with Crippen LogP contribution in [0.2, 0.25) is 0 Å². The molecule has 2 rings (SSSR count). The van der Waals surface area contributed by atoms with Crippen molar-refractivity contribution in [2.75, 3.05) is 14.2 Å². The Morgan fingerprint density at radius 1 is 1.25 bits per heavy atom. The molecule has 106 valence electrons. The highest BCUT2D eigenvalue weighted by Gasteiger charge is 2.28. The Hall–Kier alpha value is -2.22. The highest BCUT2D eigenvalue weighted by molar-refractivity contribution is 5.95. The third-order valence-corrected chi connectivity index (χ3v) is 3.61. The molecule has 1 aliphatic carbocycles. The number of nitrogens with one attached hydrogen (secondary N) is 1. The van der Waals surface area contributed by atoms with Gasteiger partial charge in [-0.05, 0) is 31.4 Å². The van der Waals surface area contributed by atoms with E-state index in [1.807, 2.05) is 0 Å². The van der Waals surface area contributed by atoms with Crippen molar-refractivity contribution in [1.29, 1.82) is 5.26 Å². The van der Waals surface area contributed by atoms with Crippen LogP contribution in [-0.2, 0) is 0 Å². The van der Waals surface area contributed by atoms with Gasteiger partial charge in [-0.2, -0.15) is 5.26 Å². The first kappa shape index (κ1) is 14.2. The zero-order chi connectivity index (χ0) is 14.5. The Bertz CT molecular complexity index is 514. The Kier molecular flexibility index (Phi) is 4.46. The lowest BCUT2D eigenvalue weighted by Gasteiger charge is -2.16. The Balaban J connectivity index is 2.14. The maximum atomic E-state index is 12.3. The normalized spacial score (nSPS) is 21.1. The first-order valence-corrected chi connectivity index (χ1v) is 6.61. The first-order chi connectivity index (χ1) is 9.67. The molecule has 1 N–H and O–H groups in total. The van der Waals surface area contributed by atoms with Crippen molar-refractivity contribution >= 4 is 5.91 Å². The van der Waals surface area contributed by atoms with E-state index in [2.05, 4.69) is 11.4 Å². The van der Waals surface area contributed by atoms with Crippen molar-refractivity contribution < 1.29 is 14.3 Å². The van der Waals surface area contributed by atoms with Gasteiger partial charge < -0.3 is 14.8 Å². The van der Waals surface area contributed by atoms with Crippen molar-refractivity contribution in [3.8, 4) is 17.6 Å². The summed E-state index contributed by atoms with van der Waals surface area (Å²) in [6, 6.07) is 7.22. The number of amides is 1. The van der Waals surface area contributed by atoms with Gasteiger partial charge in [-0.15, -0.1) is 0 Å². The van der Waals surface area contributed by atoms with Gasteiger partial charge in [-0.25, -0.2) is 0 Å². The van der Waals surface area contributed by atoms with Crippen LogP contribution in [-0.4, -0.2) is 26.2 Å². The standard InChI is InChI=1S/C15H18N2O3/c1-19-12-6-11(7-13(8-12)20-2)15(18)17-14-5-3-4-10(14)9-16/h6-8,10,14H,3-5H2,1-2H3,(H,17,18). The van der Waals surface area contributed by atoms with E-state index in [0.717, 1.165) is 19.3 Å². The van der Waals surface area contributed by atoms with Gasteiger partial charge in [-0.1, -0.05) is 0 Å². The van der Waals surface area contributed by atoms with Gasteiger partial charge in [0.1, 0.15) is 11.5 Å². The molecular weight excluding hydrogens is 256 g/mol. The van der Waals surface area contributed by atoms with Crippen molar-refractivity contribution in [1.82, 2.24) is 5.32 Å². The predicted molar refractivity (Wildman–Crippen MR) is 73.8 cm³/mol. The lowest BCUT2D eigenvalue weighted by molar-refractivity contribution is 0.0932. The van der Waals surface area contributed by atoms with E-state index >= 15 is 0 Å². The molecular formula is C15H18N2O3. The third kappa shape index (κ3) is 3.02. The molecule has 5 heteroatoms. The molecule has 1 amide bonds. The molecule has 1 aliphatic rings. The molecule has 1 saturated carbocycles. The Morgan fingerprint density at radius 2 is 1.90 bits per heavy atom. The van der Waals surface area contributed by atoms with Gasteiger partial charge in [0.2, 0.25) is 0 Å². The second kappa shape index (κ2) is 6.29. The topological polar surface area (TPSA) is 71.3 Å². The zero-order valence-corrected chi connectivity index (χ0v) is 11.7. The van der Waals surface area contributed by atoms with E-state index in [4.69, 9.17) is 14.7 Å². The number of hydrogen-bond donors (Lipinski definition) is 1. The average molecular weight is 274 g/mol. The summed E-state index contributed by atoms with van der Waals surface area (Å²) >= 11 is 0. The van der Waals surface area contributed by atoms with Crippen molar-refractivity contribution in [3.05, 3.63) is 23.8 Å². The number of benzene rings is 1. The van der Waals surface area contributed by atoms with Crippen LogP contribution in [0.4, 0.5) is 0 Å². The zero-order valence-electron chi connectivity index (χ0n) is 11.7. The number of rotatable bonds is 4. The fourth-order valence-electron chi connectivity index (χ4n) is 2.48. The maximum Gasteiger partial charge on any atom is 0.251 e. The highest BCUT2D eigenvalue weighted by atomic mass is 16.5. The fourth-order valence-corrected chi connectivity index (χ4v) is 2.48. The van der Waals surface area contributed by atoms with Gasteiger partial charge in [0.15, 0.2) is 0 Å². The van der Waals surface area contributed by atoms with Crippen LogP contribution in [0.25, 0.3) is 0 Å². The molecule has 2 atom stereocenters.